The third-order valence-corrected chi connectivity index (χ3v) is 3.18. The molecule has 0 aliphatic rings. The number of rotatable bonds is 5. The second-order valence-corrected chi connectivity index (χ2v) is 4.28. The molecule has 0 spiro atoms. The van der Waals surface area contributed by atoms with E-state index in [1.165, 1.54) is 17.0 Å². The van der Waals surface area contributed by atoms with Crippen molar-refractivity contribution in [2.24, 2.45) is 5.84 Å². The Morgan fingerprint density at radius 3 is 2.68 bits per heavy atom. The van der Waals surface area contributed by atoms with Gasteiger partial charge in [-0.25, -0.2) is 0 Å². The highest BCUT2D eigenvalue weighted by Crippen LogP contribution is 2.29. The molecular weight excluding hydrogens is 248 g/mol. The van der Waals surface area contributed by atoms with Gasteiger partial charge in [0.2, 0.25) is 0 Å². The van der Waals surface area contributed by atoms with Crippen molar-refractivity contribution in [3.05, 3.63) is 33.9 Å². The molecule has 0 aliphatic heterocycles. The van der Waals surface area contributed by atoms with E-state index >= 15 is 0 Å². The summed E-state index contributed by atoms with van der Waals surface area (Å²) in [6, 6.07) is 4.44. The van der Waals surface area contributed by atoms with Gasteiger partial charge >= 0.3 is 5.69 Å². The van der Waals surface area contributed by atoms with Crippen molar-refractivity contribution < 1.29 is 9.72 Å². The van der Waals surface area contributed by atoms with E-state index in [2.05, 4.69) is 5.43 Å². The molecule has 104 valence electrons. The topological polar surface area (TPSA) is 102 Å². The number of hydrogen-bond donors (Lipinski definition) is 2. The van der Waals surface area contributed by atoms with Gasteiger partial charge in [0, 0.05) is 13.1 Å². The average Bonchev–Trinajstić information content (AvgIpc) is 2.43. The smallest absolute Gasteiger partial charge is 0.306 e. The lowest BCUT2D eigenvalue weighted by Crippen LogP contribution is -2.35. The van der Waals surface area contributed by atoms with Crippen LogP contribution in [0.5, 0.6) is 0 Å². The first-order valence-corrected chi connectivity index (χ1v) is 5.95. The van der Waals surface area contributed by atoms with Gasteiger partial charge in [0.15, 0.2) is 0 Å². The molecule has 1 atom stereocenters. The number of benzene rings is 1. The Morgan fingerprint density at radius 1 is 1.58 bits per heavy atom. The second kappa shape index (κ2) is 6.14. The summed E-state index contributed by atoms with van der Waals surface area (Å²) in [5, 5.41) is 11.1. The molecule has 1 aromatic carbocycles. The highest BCUT2D eigenvalue weighted by molar-refractivity contribution is 6.00. The molecule has 3 N–H and O–H groups in total. The fraction of sp³-hybridized carbons (Fsp3) is 0.417. The second-order valence-electron chi connectivity index (χ2n) is 4.28. The number of carbonyl (C=O) groups excluding carboxylic acids is 1. The van der Waals surface area contributed by atoms with Crippen LogP contribution in [0.25, 0.3) is 0 Å². The molecule has 1 amide bonds. The highest BCUT2D eigenvalue weighted by Gasteiger charge is 2.27. The molecule has 0 saturated carbocycles. The molecule has 1 rings (SSSR count). The summed E-state index contributed by atoms with van der Waals surface area (Å²) < 4.78 is 0. The van der Waals surface area contributed by atoms with Gasteiger partial charge < -0.3 is 10.3 Å². The number of amides is 1. The quantitative estimate of drug-likeness (QED) is 0.480. The molecule has 0 heterocycles. The van der Waals surface area contributed by atoms with Crippen LogP contribution in [0.3, 0.4) is 0 Å². The highest BCUT2D eigenvalue weighted by atomic mass is 16.6. The third kappa shape index (κ3) is 3.00. The molecule has 0 radical (unpaired) electrons. The van der Waals surface area contributed by atoms with E-state index in [4.69, 9.17) is 5.84 Å². The van der Waals surface area contributed by atoms with Gasteiger partial charge in [-0.05, 0) is 25.5 Å². The molecule has 1 unspecified atom stereocenters. The molecular formula is C12H18N4O3. The lowest BCUT2D eigenvalue weighted by Gasteiger charge is -2.23. The SMILES string of the molecule is CCC(C)N(C)C(=O)c1cccc(NN)c1[N+](=O)[O-]. The van der Waals surface area contributed by atoms with E-state index in [0.29, 0.717) is 0 Å². The first-order chi connectivity index (χ1) is 8.93. The minimum absolute atomic E-state index is 0.00148. The zero-order valence-corrected chi connectivity index (χ0v) is 11.2. The van der Waals surface area contributed by atoms with Crippen LogP contribution in [0.4, 0.5) is 11.4 Å². The molecule has 0 saturated heterocycles. The Labute approximate surface area is 111 Å². The van der Waals surface area contributed by atoms with Gasteiger partial charge in [0.05, 0.1) is 4.92 Å². The predicted molar refractivity (Wildman–Crippen MR) is 72.8 cm³/mol. The summed E-state index contributed by atoms with van der Waals surface area (Å²) in [5.74, 6) is 4.85. The van der Waals surface area contributed by atoms with Crippen LogP contribution in [0.2, 0.25) is 0 Å². The van der Waals surface area contributed by atoms with Crippen molar-refractivity contribution in [2.45, 2.75) is 26.3 Å². The number of nitro benzene ring substituents is 1. The van der Waals surface area contributed by atoms with Crippen LogP contribution in [-0.4, -0.2) is 28.8 Å². The summed E-state index contributed by atoms with van der Waals surface area (Å²) in [5.41, 5.74) is 2.09. The van der Waals surface area contributed by atoms with E-state index in [1.807, 2.05) is 13.8 Å². The monoisotopic (exact) mass is 266 g/mol. The van der Waals surface area contributed by atoms with Gasteiger partial charge in [-0.3, -0.25) is 20.8 Å². The van der Waals surface area contributed by atoms with Crippen molar-refractivity contribution in [3.8, 4) is 0 Å². The Morgan fingerprint density at radius 2 is 2.21 bits per heavy atom. The summed E-state index contributed by atoms with van der Waals surface area (Å²) in [7, 11) is 1.63. The van der Waals surface area contributed by atoms with E-state index < -0.39 is 10.8 Å². The van der Waals surface area contributed by atoms with Crippen LogP contribution >= 0.6 is 0 Å². The zero-order chi connectivity index (χ0) is 14.6. The fourth-order valence-corrected chi connectivity index (χ4v) is 1.69. The number of hydrazine groups is 1. The molecule has 0 fully saturated rings. The number of anilines is 1. The van der Waals surface area contributed by atoms with E-state index in [1.54, 1.807) is 13.1 Å². The normalized spacial score (nSPS) is 11.8. The van der Waals surface area contributed by atoms with E-state index in [9.17, 15) is 14.9 Å². The minimum Gasteiger partial charge on any atom is -0.339 e. The van der Waals surface area contributed by atoms with Crippen LogP contribution < -0.4 is 11.3 Å². The van der Waals surface area contributed by atoms with E-state index in [0.717, 1.165) is 6.42 Å². The van der Waals surface area contributed by atoms with Crippen molar-refractivity contribution in [3.63, 3.8) is 0 Å². The number of nitrogens with one attached hydrogen (secondary N) is 1. The number of carbonyl (C=O) groups is 1. The molecule has 0 aliphatic carbocycles. The Kier molecular flexibility index (Phi) is 4.82. The maximum Gasteiger partial charge on any atom is 0.306 e. The van der Waals surface area contributed by atoms with Crippen LogP contribution in [0, 0.1) is 10.1 Å². The summed E-state index contributed by atoms with van der Waals surface area (Å²) in [4.78, 5) is 24.3. The van der Waals surface area contributed by atoms with Crippen molar-refractivity contribution in [2.75, 3.05) is 12.5 Å². The largest absolute Gasteiger partial charge is 0.339 e. The number of nitrogen functional groups attached to an aromatic ring is 1. The molecule has 0 aromatic heterocycles. The maximum absolute atomic E-state index is 12.3. The summed E-state index contributed by atoms with van der Waals surface area (Å²) in [6.07, 6.45) is 0.769. The van der Waals surface area contributed by atoms with Gasteiger partial charge in [0.25, 0.3) is 5.91 Å². The molecule has 19 heavy (non-hydrogen) atoms. The number of nitrogens with zero attached hydrogens (tertiary/aromatic N) is 2. The fourth-order valence-electron chi connectivity index (χ4n) is 1.69. The Bertz CT molecular complexity index is 490. The van der Waals surface area contributed by atoms with Crippen molar-refractivity contribution >= 4 is 17.3 Å². The maximum atomic E-state index is 12.3. The van der Waals surface area contributed by atoms with Gasteiger partial charge in [-0.2, -0.15) is 0 Å². The van der Waals surface area contributed by atoms with Crippen LogP contribution in [0.15, 0.2) is 18.2 Å². The molecule has 0 bridgehead atoms. The standard InChI is InChI=1S/C12H18N4O3/c1-4-8(2)15(3)12(17)9-6-5-7-10(14-13)11(9)16(18)19/h5-8,14H,4,13H2,1-3H3. The van der Waals surface area contributed by atoms with Crippen LogP contribution in [-0.2, 0) is 0 Å². The number of nitrogens with two attached hydrogens (primary N) is 1. The Balaban J connectivity index is 3.27. The first-order valence-electron chi connectivity index (χ1n) is 5.95. The number of para-hydroxylation sites is 1. The van der Waals surface area contributed by atoms with Gasteiger partial charge in [-0.15, -0.1) is 0 Å². The summed E-state index contributed by atoms with van der Waals surface area (Å²) >= 11 is 0. The van der Waals surface area contributed by atoms with Crippen molar-refractivity contribution in [1.82, 2.24) is 4.90 Å². The van der Waals surface area contributed by atoms with E-state index in [-0.39, 0.29) is 23.0 Å². The molecule has 7 nitrogen and oxygen atoms in total. The molecule has 7 heteroatoms. The lowest BCUT2D eigenvalue weighted by molar-refractivity contribution is -0.384. The van der Waals surface area contributed by atoms with Crippen LogP contribution in [0.1, 0.15) is 30.6 Å². The number of hydrogen-bond acceptors (Lipinski definition) is 5. The summed E-state index contributed by atoms with van der Waals surface area (Å²) in [6.45, 7) is 3.83. The average molecular weight is 266 g/mol. The van der Waals surface area contributed by atoms with Crippen molar-refractivity contribution in [1.29, 1.82) is 0 Å². The third-order valence-electron chi connectivity index (χ3n) is 3.18. The zero-order valence-electron chi connectivity index (χ0n) is 11.2. The molecule has 1 aromatic rings. The Hall–Kier alpha value is -2.15. The minimum atomic E-state index is -0.604. The first kappa shape index (κ1) is 14.9. The van der Waals surface area contributed by atoms with Gasteiger partial charge in [0.1, 0.15) is 11.3 Å². The van der Waals surface area contributed by atoms with Gasteiger partial charge in [-0.1, -0.05) is 13.0 Å². The lowest BCUT2D eigenvalue weighted by atomic mass is 10.1. The predicted octanol–water partition coefficient (Wildman–Crippen LogP) is 1.75. The number of nitro groups is 1.